The summed E-state index contributed by atoms with van der Waals surface area (Å²) in [4.78, 5) is 4.77. The number of fused-ring (bicyclic) bond motifs is 2. The van der Waals surface area contributed by atoms with Crippen LogP contribution in [0.15, 0.2) is 54.3 Å². The zero-order valence-electron chi connectivity index (χ0n) is 18.9. The molecular weight excluding hydrogens is 369 g/mol. The Morgan fingerprint density at radius 1 is 0.933 bits per heavy atom. The van der Waals surface area contributed by atoms with E-state index in [1.165, 1.54) is 22.3 Å². The van der Waals surface area contributed by atoms with Crippen molar-refractivity contribution in [2.24, 2.45) is 0 Å². The molecule has 0 radical (unpaired) electrons. The predicted octanol–water partition coefficient (Wildman–Crippen LogP) is 5.44. The second-order valence-electron chi connectivity index (χ2n) is 10.3. The van der Waals surface area contributed by atoms with E-state index in [1.54, 1.807) is 0 Å². The number of rotatable bonds is 2. The molecule has 0 unspecified atom stereocenters. The quantitative estimate of drug-likeness (QED) is 0.630. The summed E-state index contributed by atoms with van der Waals surface area (Å²) in [5.41, 5.74) is 8.27. The standard InChI is InChI=1S/C26H30BNO2/c1-24(2)21-10-8-7-9-19(21)20-13-11-17(15-22(20)24)23-14-12-18(16-28-23)27-29-25(3,4)26(5,6)30-27/h8,10-16H,7,9H2,1-6H3. The van der Waals surface area contributed by atoms with Gasteiger partial charge in [-0.25, -0.2) is 0 Å². The number of hydrogen-bond acceptors (Lipinski definition) is 3. The molecule has 1 aliphatic heterocycles. The average Bonchev–Trinajstić information content (AvgIpc) is 3.08. The van der Waals surface area contributed by atoms with Crippen LogP contribution in [-0.2, 0) is 14.7 Å². The summed E-state index contributed by atoms with van der Waals surface area (Å²) >= 11 is 0. The van der Waals surface area contributed by atoms with Gasteiger partial charge in [0.1, 0.15) is 0 Å². The minimum Gasteiger partial charge on any atom is -0.399 e. The minimum absolute atomic E-state index is 0.0419. The van der Waals surface area contributed by atoms with Crippen LogP contribution >= 0.6 is 0 Å². The van der Waals surface area contributed by atoms with Crippen molar-refractivity contribution in [1.82, 2.24) is 4.98 Å². The van der Waals surface area contributed by atoms with Crippen LogP contribution in [0.5, 0.6) is 0 Å². The molecular formula is C26H30BNO2. The highest BCUT2D eigenvalue weighted by Gasteiger charge is 2.51. The Morgan fingerprint density at radius 3 is 2.33 bits per heavy atom. The molecule has 1 aromatic carbocycles. The molecule has 4 heteroatoms. The lowest BCUT2D eigenvalue weighted by Crippen LogP contribution is -2.41. The third kappa shape index (κ3) is 2.85. The van der Waals surface area contributed by atoms with Gasteiger partial charge >= 0.3 is 7.12 Å². The van der Waals surface area contributed by atoms with Crippen molar-refractivity contribution in [3.05, 3.63) is 65.4 Å². The Labute approximate surface area is 180 Å². The second kappa shape index (κ2) is 6.42. The number of allylic oxidation sites excluding steroid dienone is 4. The Bertz CT molecular complexity index is 1060. The lowest BCUT2D eigenvalue weighted by Gasteiger charge is -2.32. The molecule has 0 N–H and O–H groups in total. The molecule has 0 amide bonds. The fourth-order valence-corrected chi connectivity index (χ4v) is 4.85. The van der Waals surface area contributed by atoms with Gasteiger partial charge in [-0.15, -0.1) is 0 Å². The first-order valence-corrected chi connectivity index (χ1v) is 11.0. The van der Waals surface area contributed by atoms with Gasteiger partial charge in [0.25, 0.3) is 0 Å². The van der Waals surface area contributed by atoms with Gasteiger partial charge < -0.3 is 9.31 Å². The summed E-state index contributed by atoms with van der Waals surface area (Å²) in [6.07, 6.45) is 8.81. The van der Waals surface area contributed by atoms with Gasteiger partial charge in [-0.3, -0.25) is 4.98 Å². The molecule has 1 fully saturated rings. The normalized spacial score (nSPS) is 22.9. The van der Waals surface area contributed by atoms with Crippen molar-refractivity contribution < 1.29 is 9.31 Å². The van der Waals surface area contributed by atoms with Crippen LogP contribution in [0.4, 0.5) is 0 Å². The first-order valence-electron chi connectivity index (χ1n) is 11.0. The second-order valence-corrected chi connectivity index (χ2v) is 10.3. The molecule has 1 aromatic heterocycles. The maximum atomic E-state index is 6.16. The van der Waals surface area contributed by atoms with E-state index >= 15 is 0 Å². The van der Waals surface area contributed by atoms with Crippen molar-refractivity contribution >= 4 is 18.2 Å². The number of benzene rings is 1. The van der Waals surface area contributed by atoms with Crippen molar-refractivity contribution in [3.63, 3.8) is 0 Å². The number of aromatic nitrogens is 1. The molecule has 0 atom stereocenters. The molecule has 2 aliphatic carbocycles. The summed E-state index contributed by atoms with van der Waals surface area (Å²) in [7, 11) is -0.377. The van der Waals surface area contributed by atoms with Gasteiger partial charge in [0, 0.05) is 22.6 Å². The lowest BCUT2D eigenvalue weighted by atomic mass is 9.79. The molecule has 2 aromatic rings. The lowest BCUT2D eigenvalue weighted by molar-refractivity contribution is 0.00578. The largest absolute Gasteiger partial charge is 0.496 e. The average molecular weight is 399 g/mol. The Hall–Kier alpha value is -2.17. The van der Waals surface area contributed by atoms with E-state index in [1.807, 2.05) is 6.20 Å². The zero-order chi connectivity index (χ0) is 21.3. The van der Waals surface area contributed by atoms with E-state index in [0.29, 0.717) is 0 Å². The highest BCUT2D eigenvalue weighted by molar-refractivity contribution is 6.62. The van der Waals surface area contributed by atoms with Crippen LogP contribution in [0, 0.1) is 0 Å². The molecule has 3 aliphatic rings. The molecule has 1 saturated heterocycles. The van der Waals surface area contributed by atoms with E-state index < -0.39 is 0 Å². The third-order valence-corrected chi connectivity index (χ3v) is 7.47. The third-order valence-electron chi connectivity index (χ3n) is 7.47. The van der Waals surface area contributed by atoms with Gasteiger partial charge in [-0.05, 0) is 74.9 Å². The molecule has 5 rings (SSSR count). The summed E-state index contributed by atoms with van der Waals surface area (Å²) < 4.78 is 12.3. The Balaban J connectivity index is 1.44. The molecule has 0 saturated carbocycles. The van der Waals surface area contributed by atoms with Crippen LogP contribution in [-0.4, -0.2) is 23.3 Å². The number of pyridine rings is 1. The molecule has 3 nitrogen and oxygen atoms in total. The molecule has 2 heterocycles. The van der Waals surface area contributed by atoms with Gasteiger partial charge in [0.15, 0.2) is 0 Å². The first kappa shape index (κ1) is 19.8. The monoisotopic (exact) mass is 399 g/mol. The van der Waals surface area contributed by atoms with E-state index in [2.05, 4.69) is 84.0 Å². The zero-order valence-corrected chi connectivity index (χ0v) is 18.9. The highest BCUT2D eigenvalue weighted by atomic mass is 16.7. The molecule has 154 valence electrons. The fourth-order valence-electron chi connectivity index (χ4n) is 4.85. The van der Waals surface area contributed by atoms with Crippen molar-refractivity contribution in [2.45, 2.75) is 71.0 Å². The maximum absolute atomic E-state index is 6.16. The predicted molar refractivity (Wildman–Crippen MR) is 124 cm³/mol. The van der Waals surface area contributed by atoms with Crippen LogP contribution in [0.3, 0.4) is 0 Å². The fraction of sp³-hybridized carbons (Fsp3) is 0.423. The smallest absolute Gasteiger partial charge is 0.399 e. The van der Waals surface area contributed by atoms with Crippen LogP contribution in [0.1, 0.15) is 65.5 Å². The van der Waals surface area contributed by atoms with Crippen LogP contribution in [0.25, 0.3) is 16.8 Å². The van der Waals surface area contributed by atoms with Gasteiger partial charge in [-0.1, -0.05) is 44.2 Å². The van der Waals surface area contributed by atoms with E-state index in [9.17, 15) is 0 Å². The Morgan fingerprint density at radius 2 is 1.67 bits per heavy atom. The molecule has 0 bridgehead atoms. The van der Waals surface area contributed by atoms with E-state index in [4.69, 9.17) is 14.3 Å². The number of nitrogens with zero attached hydrogens (tertiary/aromatic N) is 1. The summed E-state index contributed by atoms with van der Waals surface area (Å²) in [5.74, 6) is 0. The van der Waals surface area contributed by atoms with Crippen molar-refractivity contribution in [2.75, 3.05) is 0 Å². The van der Waals surface area contributed by atoms with E-state index in [0.717, 1.165) is 29.6 Å². The van der Waals surface area contributed by atoms with Crippen LogP contribution in [0.2, 0.25) is 0 Å². The Kier molecular flexibility index (Phi) is 4.23. The SMILES string of the molecule is CC1(C)C2=C(CCC=C2)c2ccc(-c3ccc(B4OC(C)(C)C(C)(C)O4)cn3)cc21. The summed E-state index contributed by atoms with van der Waals surface area (Å²) in [6, 6.07) is 11.0. The summed E-state index contributed by atoms with van der Waals surface area (Å²) in [5, 5.41) is 0. The van der Waals surface area contributed by atoms with Crippen molar-refractivity contribution in [3.8, 4) is 11.3 Å². The van der Waals surface area contributed by atoms with E-state index in [-0.39, 0.29) is 23.7 Å². The van der Waals surface area contributed by atoms with Gasteiger partial charge in [0.05, 0.1) is 16.9 Å². The number of hydrogen-bond donors (Lipinski definition) is 0. The van der Waals surface area contributed by atoms with Gasteiger partial charge in [0.2, 0.25) is 0 Å². The van der Waals surface area contributed by atoms with Crippen LogP contribution < -0.4 is 5.46 Å². The molecule has 30 heavy (non-hydrogen) atoms. The first-order chi connectivity index (χ1) is 14.1. The minimum atomic E-state index is -0.377. The topological polar surface area (TPSA) is 31.4 Å². The summed E-state index contributed by atoms with van der Waals surface area (Å²) in [6.45, 7) is 13.0. The van der Waals surface area contributed by atoms with Gasteiger partial charge in [-0.2, -0.15) is 0 Å². The van der Waals surface area contributed by atoms with Crippen molar-refractivity contribution in [1.29, 1.82) is 0 Å². The maximum Gasteiger partial charge on any atom is 0.496 e. The highest BCUT2D eigenvalue weighted by Crippen LogP contribution is 2.50. The molecule has 0 spiro atoms.